The van der Waals surface area contributed by atoms with Gasteiger partial charge < -0.3 is 9.84 Å². The third-order valence-electron chi connectivity index (χ3n) is 2.50. The van der Waals surface area contributed by atoms with Gasteiger partial charge in [-0.15, -0.1) is 0 Å². The Hall–Kier alpha value is -1.32. The van der Waals surface area contributed by atoms with E-state index in [4.69, 9.17) is 9.84 Å². The SMILES string of the molecule is C=C(C)CN(CCO)Cc1ccccc1OC. The number of hydrogen-bond donors (Lipinski definition) is 1. The van der Waals surface area contributed by atoms with Crippen LogP contribution in [0.1, 0.15) is 12.5 Å². The summed E-state index contributed by atoms with van der Waals surface area (Å²) in [5.74, 6) is 0.886. The van der Waals surface area contributed by atoms with Crippen LogP contribution in [-0.4, -0.2) is 36.8 Å². The smallest absolute Gasteiger partial charge is 0.123 e. The summed E-state index contributed by atoms with van der Waals surface area (Å²) < 4.78 is 5.32. The van der Waals surface area contributed by atoms with E-state index in [0.717, 1.165) is 30.0 Å². The summed E-state index contributed by atoms with van der Waals surface area (Å²) >= 11 is 0. The van der Waals surface area contributed by atoms with E-state index in [2.05, 4.69) is 11.5 Å². The van der Waals surface area contributed by atoms with Crippen LogP contribution in [0.15, 0.2) is 36.4 Å². The van der Waals surface area contributed by atoms with Gasteiger partial charge in [-0.25, -0.2) is 0 Å². The summed E-state index contributed by atoms with van der Waals surface area (Å²) in [4.78, 5) is 2.15. The minimum absolute atomic E-state index is 0.155. The van der Waals surface area contributed by atoms with Crippen molar-refractivity contribution in [2.24, 2.45) is 0 Å². The van der Waals surface area contributed by atoms with E-state index in [-0.39, 0.29) is 6.61 Å². The van der Waals surface area contributed by atoms with Gasteiger partial charge in [-0.3, -0.25) is 4.90 Å². The van der Waals surface area contributed by atoms with Crippen molar-refractivity contribution in [3.8, 4) is 5.75 Å². The van der Waals surface area contributed by atoms with Gasteiger partial charge in [0.1, 0.15) is 5.75 Å². The molecule has 1 N–H and O–H groups in total. The van der Waals surface area contributed by atoms with Gasteiger partial charge in [-0.05, 0) is 13.0 Å². The second-order valence-corrected chi connectivity index (χ2v) is 4.20. The number of rotatable bonds is 7. The maximum Gasteiger partial charge on any atom is 0.123 e. The number of nitrogens with zero attached hydrogens (tertiary/aromatic N) is 1. The molecule has 0 aliphatic carbocycles. The zero-order chi connectivity index (χ0) is 12.7. The molecule has 0 spiro atoms. The molecule has 0 heterocycles. The summed E-state index contributed by atoms with van der Waals surface area (Å²) in [7, 11) is 1.67. The van der Waals surface area contributed by atoms with Crippen molar-refractivity contribution in [2.75, 3.05) is 26.8 Å². The first-order valence-corrected chi connectivity index (χ1v) is 5.77. The van der Waals surface area contributed by atoms with Crippen molar-refractivity contribution >= 4 is 0 Å². The lowest BCUT2D eigenvalue weighted by Gasteiger charge is -2.22. The van der Waals surface area contributed by atoms with Crippen molar-refractivity contribution < 1.29 is 9.84 Å². The van der Waals surface area contributed by atoms with Crippen molar-refractivity contribution in [2.45, 2.75) is 13.5 Å². The molecule has 0 aromatic heterocycles. The Morgan fingerprint density at radius 3 is 2.71 bits per heavy atom. The minimum Gasteiger partial charge on any atom is -0.496 e. The molecule has 0 bridgehead atoms. The normalized spacial score (nSPS) is 10.6. The quantitative estimate of drug-likeness (QED) is 0.734. The summed E-state index contributed by atoms with van der Waals surface area (Å²) in [6.45, 7) is 8.25. The van der Waals surface area contributed by atoms with Gasteiger partial charge in [0.25, 0.3) is 0 Å². The van der Waals surface area contributed by atoms with Gasteiger partial charge in [0.15, 0.2) is 0 Å². The maximum absolute atomic E-state index is 9.05. The Kier molecular flexibility index (Phi) is 5.73. The molecule has 0 aliphatic rings. The van der Waals surface area contributed by atoms with Gasteiger partial charge >= 0.3 is 0 Å². The molecular weight excluding hydrogens is 214 g/mol. The van der Waals surface area contributed by atoms with E-state index in [9.17, 15) is 0 Å². The standard InChI is InChI=1S/C14H21NO2/c1-12(2)10-15(8-9-16)11-13-6-4-5-7-14(13)17-3/h4-7,16H,1,8-11H2,2-3H3. The molecule has 1 rings (SSSR count). The molecule has 0 radical (unpaired) electrons. The number of ether oxygens (including phenoxy) is 1. The van der Waals surface area contributed by atoms with Crippen LogP contribution < -0.4 is 4.74 Å². The van der Waals surface area contributed by atoms with Crippen molar-refractivity contribution in [1.82, 2.24) is 4.90 Å². The van der Waals surface area contributed by atoms with Crippen LogP contribution in [0.2, 0.25) is 0 Å². The fourth-order valence-corrected chi connectivity index (χ4v) is 1.81. The fourth-order valence-electron chi connectivity index (χ4n) is 1.81. The Morgan fingerprint density at radius 2 is 2.12 bits per heavy atom. The Labute approximate surface area is 103 Å². The van der Waals surface area contributed by atoms with E-state index < -0.39 is 0 Å². The second-order valence-electron chi connectivity index (χ2n) is 4.20. The first kappa shape index (κ1) is 13.7. The third-order valence-corrected chi connectivity index (χ3v) is 2.50. The average molecular weight is 235 g/mol. The van der Waals surface area contributed by atoms with Crippen LogP contribution in [0.5, 0.6) is 5.75 Å². The highest BCUT2D eigenvalue weighted by molar-refractivity contribution is 5.33. The number of para-hydroxylation sites is 1. The number of benzene rings is 1. The van der Waals surface area contributed by atoms with E-state index in [1.165, 1.54) is 0 Å². The number of hydrogen-bond acceptors (Lipinski definition) is 3. The number of aliphatic hydroxyl groups excluding tert-OH is 1. The topological polar surface area (TPSA) is 32.7 Å². The van der Waals surface area contributed by atoms with Gasteiger partial charge in [0, 0.05) is 25.2 Å². The molecule has 0 unspecified atom stereocenters. The highest BCUT2D eigenvalue weighted by Crippen LogP contribution is 2.19. The molecule has 3 nitrogen and oxygen atoms in total. The van der Waals surface area contributed by atoms with E-state index in [1.807, 2.05) is 31.2 Å². The number of aliphatic hydroxyl groups is 1. The highest BCUT2D eigenvalue weighted by atomic mass is 16.5. The summed E-state index contributed by atoms with van der Waals surface area (Å²) in [5, 5.41) is 9.05. The number of methoxy groups -OCH3 is 1. The summed E-state index contributed by atoms with van der Waals surface area (Å²) in [6.07, 6.45) is 0. The van der Waals surface area contributed by atoms with Crippen LogP contribution in [0.25, 0.3) is 0 Å². The Morgan fingerprint density at radius 1 is 1.41 bits per heavy atom. The Bertz CT molecular complexity index is 363. The van der Waals surface area contributed by atoms with Crippen molar-refractivity contribution in [3.63, 3.8) is 0 Å². The highest BCUT2D eigenvalue weighted by Gasteiger charge is 2.08. The molecule has 1 aromatic rings. The summed E-state index contributed by atoms with van der Waals surface area (Å²) in [6, 6.07) is 7.95. The monoisotopic (exact) mass is 235 g/mol. The third kappa shape index (κ3) is 4.59. The molecule has 1 aromatic carbocycles. The molecule has 0 atom stereocenters. The van der Waals surface area contributed by atoms with Gasteiger partial charge in [0.2, 0.25) is 0 Å². The van der Waals surface area contributed by atoms with Crippen LogP contribution in [-0.2, 0) is 6.54 Å². The predicted octanol–water partition coefficient (Wildman–Crippen LogP) is 2.07. The molecule has 0 amide bonds. The van der Waals surface area contributed by atoms with Crippen molar-refractivity contribution in [1.29, 1.82) is 0 Å². The van der Waals surface area contributed by atoms with Crippen LogP contribution in [0.3, 0.4) is 0 Å². The molecule has 0 saturated heterocycles. The maximum atomic E-state index is 9.05. The molecule has 0 fully saturated rings. The van der Waals surface area contributed by atoms with E-state index >= 15 is 0 Å². The predicted molar refractivity (Wildman–Crippen MR) is 70.2 cm³/mol. The minimum atomic E-state index is 0.155. The molecule has 0 saturated carbocycles. The molecule has 94 valence electrons. The molecule has 3 heteroatoms. The second kappa shape index (κ2) is 7.09. The van der Waals surface area contributed by atoms with E-state index in [0.29, 0.717) is 6.54 Å². The van der Waals surface area contributed by atoms with Crippen LogP contribution in [0.4, 0.5) is 0 Å². The lowest BCUT2D eigenvalue weighted by Crippen LogP contribution is -2.28. The van der Waals surface area contributed by atoms with Crippen LogP contribution >= 0.6 is 0 Å². The zero-order valence-electron chi connectivity index (χ0n) is 10.6. The largest absolute Gasteiger partial charge is 0.496 e. The van der Waals surface area contributed by atoms with Crippen LogP contribution in [0, 0.1) is 0 Å². The lowest BCUT2D eigenvalue weighted by atomic mass is 10.1. The van der Waals surface area contributed by atoms with Crippen molar-refractivity contribution in [3.05, 3.63) is 42.0 Å². The lowest BCUT2D eigenvalue weighted by molar-refractivity contribution is 0.199. The van der Waals surface area contributed by atoms with Gasteiger partial charge in [-0.1, -0.05) is 30.4 Å². The molecule has 0 aliphatic heterocycles. The van der Waals surface area contributed by atoms with E-state index in [1.54, 1.807) is 7.11 Å². The van der Waals surface area contributed by atoms with Gasteiger partial charge in [-0.2, -0.15) is 0 Å². The molecule has 17 heavy (non-hydrogen) atoms. The van der Waals surface area contributed by atoms with Gasteiger partial charge in [0.05, 0.1) is 13.7 Å². The zero-order valence-corrected chi connectivity index (χ0v) is 10.6. The Balaban J connectivity index is 2.74. The summed E-state index contributed by atoms with van der Waals surface area (Å²) in [5.41, 5.74) is 2.22. The molecular formula is C14H21NO2. The average Bonchev–Trinajstić information content (AvgIpc) is 2.29. The fraction of sp³-hybridized carbons (Fsp3) is 0.429. The first-order valence-electron chi connectivity index (χ1n) is 5.77. The first-order chi connectivity index (χ1) is 8.17.